The maximum absolute atomic E-state index is 11.7. The van der Waals surface area contributed by atoms with E-state index in [-0.39, 0.29) is 11.7 Å². The third-order valence-corrected chi connectivity index (χ3v) is 4.35. The summed E-state index contributed by atoms with van der Waals surface area (Å²) in [6.45, 7) is 5.48. The number of furan rings is 1. The van der Waals surface area contributed by atoms with Gasteiger partial charge in [-0.2, -0.15) is 0 Å². The topological polar surface area (TPSA) is 45.9 Å². The van der Waals surface area contributed by atoms with E-state index in [0.29, 0.717) is 6.54 Å². The van der Waals surface area contributed by atoms with Gasteiger partial charge in [-0.15, -0.1) is 0 Å². The molecule has 1 atom stereocenters. The van der Waals surface area contributed by atoms with Crippen molar-refractivity contribution in [1.29, 1.82) is 0 Å². The summed E-state index contributed by atoms with van der Waals surface area (Å²) in [5.74, 6) is 2.07. The van der Waals surface area contributed by atoms with E-state index in [0.717, 1.165) is 56.8 Å². The molecular formula is C16H24N2O3. The third-order valence-electron chi connectivity index (χ3n) is 4.35. The van der Waals surface area contributed by atoms with Gasteiger partial charge in [0.1, 0.15) is 17.1 Å². The van der Waals surface area contributed by atoms with Gasteiger partial charge in [-0.1, -0.05) is 6.92 Å². The van der Waals surface area contributed by atoms with Gasteiger partial charge in [0.2, 0.25) is 0 Å². The Hall–Kier alpha value is -1.49. The lowest BCUT2D eigenvalue weighted by Crippen LogP contribution is -2.50. The number of carbonyl (C=O) groups is 1. The number of ether oxygens (including phenoxy) is 1. The van der Waals surface area contributed by atoms with Crippen LogP contribution in [0.4, 0.5) is 4.79 Å². The maximum Gasteiger partial charge on any atom is 0.410 e. The van der Waals surface area contributed by atoms with Gasteiger partial charge in [-0.25, -0.2) is 4.79 Å². The van der Waals surface area contributed by atoms with Crippen LogP contribution in [-0.4, -0.2) is 48.2 Å². The molecule has 5 heteroatoms. The van der Waals surface area contributed by atoms with E-state index in [9.17, 15) is 4.79 Å². The Balaban J connectivity index is 1.62. The van der Waals surface area contributed by atoms with Gasteiger partial charge in [-0.3, -0.25) is 4.90 Å². The van der Waals surface area contributed by atoms with Crippen LogP contribution in [0.25, 0.3) is 0 Å². The first-order valence-corrected chi connectivity index (χ1v) is 7.84. The smallest absolute Gasteiger partial charge is 0.410 e. The predicted octanol–water partition coefficient (Wildman–Crippen LogP) is 2.65. The summed E-state index contributed by atoms with van der Waals surface area (Å²) in [7, 11) is 1.81. The molecular weight excluding hydrogens is 268 g/mol. The molecule has 21 heavy (non-hydrogen) atoms. The molecule has 2 fully saturated rings. The minimum Gasteiger partial charge on any atom is -0.465 e. The molecule has 3 heterocycles. The molecule has 0 aliphatic carbocycles. The summed E-state index contributed by atoms with van der Waals surface area (Å²) in [6.07, 6.45) is 3.91. The Kier molecular flexibility index (Phi) is 3.93. The molecule has 0 N–H and O–H groups in total. The van der Waals surface area contributed by atoms with Crippen LogP contribution in [0.1, 0.15) is 37.7 Å². The first kappa shape index (κ1) is 14.4. The number of hydrogen-bond acceptors (Lipinski definition) is 4. The van der Waals surface area contributed by atoms with Gasteiger partial charge in [0.25, 0.3) is 0 Å². The second-order valence-electron chi connectivity index (χ2n) is 6.34. The maximum atomic E-state index is 11.7. The largest absolute Gasteiger partial charge is 0.465 e. The fourth-order valence-electron chi connectivity index (χ4n) is 3.44. The summed E-state index contributed by atoms with van der Waals surface area (Å²) in [4.78, 5) is 15.7. The highest BCUT2D eigenvalue weighted by atomic mass is 16.6. The molecule has 1 aromatic rings. The van der Waals surface area contributed by atoms with Crippen molar-refractivity contribution >= 4 is 6.09 Å². The molecule has 1 amide bonds. The molecule has 116 valence electrons. The summed E-state index contributed by atoms with van der Waals surface area (Å²) >= 11 is 0. The Morgan fingerprint density at radius 2 is 2.10 bits per heavy atom. The van der Waals surface area contributed by atoms with E-state index in [1.54, 1.807) is 11.9 Å². The lowest BCUT2D eigenvalue weighted by atomic mass is 9.93. The Labute approximate surface area is 125 Å². The monoisotopic (exact) mass is 292 g/mol. The SMILES string of the molecule is CCCc1ccc(CN2CCC[C@]3(C2)CN(C)C(=O)O3)o1. The number of aryl methyl sites for hydroxylation is 1. The molecule has 0 radical (unpaired) electrons. The van der Waals surface area contributed by atoms with E-state index in [1.165, 1.54) is 0 Å². The minimum absolute atomic E-state index is 0.194. The molecule has 0 bridgehead atoms. The minimum atomic E-state index is -0.317. The van der Waals surface area contributed by atoms with Crippen LogP contribution < -0.4 is 0 Å². The molecule has 0 saturated carbocycles. The second kappa shape index (κ2) is 5.72. The molecule has 2 saturated heterocycles. The van der Waals surface area contributed by atoms with Crippen LogP contribution in [0.15, 0.2) is 16.5 Å². The van der Waals surface area contributed by atoms with Gasteiger partial charge in [0.15, 0.2) is 0 Å². The quantitative estimate of drug-likeness (QED) is 0.856. The predicted molar refractivity (Wildman–Crippen MR) is 79.1 cm³/mol. The third kappa shape index (κ3) is 3.07. The number of hydrogen-bond donors (Lipinski definition) is 0. The Bertz CT molecular complexity index is 513. The molecule has 2 aliphatic heterocycles. The summed E-state index contributed by atoms with van der Waals surface area (Å²) in [5.41, 5.74) is -0.317. The number of amides is 1. The van der Waals surface area contributed by atoms with Crippen molar-refractivity contribution in [2.75, 3.05) is 26.7 Å². The molecule has 1 spiro atoms. The fourth-order valence-corrected chi connectivity index (χ4v) is 3.44. The molecule has 3 rings (SSSR count). The van der Waals surface area contributed by atoms with Crippen molar-refractivity contribution in [1.82, 2.24) is 9.80 Å². The average molecular weight is 292 g/mol. The fraction of sp³-hybridized carbons (Fsp3) is 0.688. The first-order chi connectivity index (χ1) is 10.1. The van der Waals surface area contributed by atoms with E-state index in [4.69, 9.17) is 9.15 Å². The highest BCUT2D eigenvalue weighted by molar-refractivity contribution is 5.70. The highest BCUT2D eigenvalue weighted by Gasteiger charge is 2.46. The van der Waals surface area contributed by atoms with E-state index in [2.05, 4.69) is 24.0 Å². The Morgan fingerprint density at radius 1 is 1.29 bits per heavy atom. The Morgan fingerprint density at radius 3 is 2.81 bits per heavy atom. The van der Waals surface area contributed by atoms with E-state index in [1.807, 2.05) is 0 Å². The van der Waals surface area contributed by atoms with Crippen molar-refractivity contribution in [3.05, 3.63) is 23.7 Å². The van der Waals surface area contributed by atoms with Crippen molar-refractivity contribution < 1.29 is 13.9 Å². The number of rotatable bonds is 4. The summed E-state index contributed by atoms with van der Waals surface area (Å²) < 4.78 is 11.5. The number of likely N-dealkylation sites (tertiary alicyclic amines) is 1. The van der Waals surface area contributed by atoms with E-state index < -0.39 is 0 Å². The molecule has 1 aromatic heterocycles. The molecule has 0 aromatic carbocycles. The number of piperidine rings is 1. The van der Waals surface area contributed by atoms with Gasteiger partial charge in [0.05, 0.1) is 13.1 Å². The van der Waals surface area contributed by atoms with Gasteiger partial charge >= 0.3 is 6.09 Å². The number of likely N-dealkylation sites (N-methyl/N-ethyl adjacent to an activating group) is 1. The van der Waals surface area contributed by atoms with Crippen molar-refractivity contribution in [3.63, 3.8) is 0 Å². The number of carbonyl (C=O) groups excluding carboxylic acids is 1. The second-order valence-corrected chi connectivity index (χ2v) is 6.34. The first-order valence-electron chi connectivity index (χ1n) is 7.84. The number of nitrogens with zero attached hydrogens (tertiary/aromatic N) is 2. The molecule has 0 unspecified atom stereocenters. The van der Waals surface area contributed by atoms with Crippen LogP contribution >= 0.6 is 0 Å². The zero-order chi connectivity index (χ0) is 14.9. The zero-order valence-corrected chi connectivity index (χ0v) is 12.9. The lowest BCUT2D eigenvalue weighted by Gasteiger charge is -2.37. The summed E-state index contributed by atoms with van der Waals surface area (Å²) in [5, 5.41) is 0. The van der Waals surface area contributed by atoms with Crippen molar-refractivity contribution in [2.24, 2.45) is 0 Å². The standard InChI is InChI=1S/C16H24N2O3/c1-3-5-13-6-7-14(20-13)10-18-9-4-8-16(12-18)11-17(2)15(19)21-16/h6-7H,3-5,8-12H2,1-2H3/t16-/m1/s1. The van der Waals surface area contributed by atoms with Crippen molar-refractivity contribution in [3.8, 4) is 0 Å². The van der Waals surface area contributed by atoms with Gasteiger partial charge in [0, 0.05) is 20.0 Å². The van der Waals surface area contributed by atoms with Gasteiger partial charge in [-0.05, 0) is 37.9 Å². The molecule has 5 nitrogen and oxygen atoms in total. The van der Waals surface area contributed by atoms with E-state index >= 15 is 0 Å². The van der Waals surface area contributed by atoms with Crippen LogP contribution in [0, 0.1) is 0 Å². The highest BCUT2D eigenvalue weighted by Crippen LogP contribution is 2.32. The average Bonchev–Trinajstić information content (AvgIpc) is 2.96. The normalized spacial score (nSPS) is 26.6. The van der Waals surface area contributed by atoms with Crippen molar-refractivity contribution in [2.45, 2.75) is 44.8 Å². The van der Waals surface area contributed by atoms with Crippen LogP contribution in [0.5, 0.6) is 0 Å². The van der Waals surface area contributed by atoms with Crippen LogP contribution in [0.3, 0.4) is 0 Å². The molecule has 2 aliphatic rings. The summed E-state index contributed by atoms with van der Waals surface area (Å²) in [6, 6.07) is 4.14. The van der Waals surface area contributed by atoms with Crippen LogP contribution in [0.2, 0.25) is 0 Å². The van der Waals surface area contributed by atoms with Gasteiger partial charge < -0.3 is 14.1 Å². The van der Waals surface area contributed by atoms with Crippen LogP contribution in [-0.2, 0) is 17.7 Å². The lowest BCUT2D eigenvalue weighted by molar-refractivity contribution is -0.0130. The zero-order valence-electron chi connectivity index (χ0n) is 12.9.